The third kappa shape index (κ3) is 2.72. The van der Waals surface area contributed by atoms with E-state index < -0.39 is 10.8 Å². The summed E-state index contributed by atoms with van der Waals surface area (Å²) in [5, 5.41) is 0. The number of fused-ring (bicyclic) bond motifs is 2. The van der Waals surface area contributed by atoms with E-state index in [-0.39, 0.29) is 11.7 Å². The smallest absolute Gasteiger partial charge is 0.238 e. The molecule has 1 aliphatic heterocycles. The molecule has 0 saturated heterocycles. The van der Waals surface area contributed by atoms with E-state index in [2.05, 4.69) is 38.1 Å². The fraction of sp³-hybridized carbons (Fsp3) is 0.417. The lowest BCUT2D eigenvalue weighted by Gasteiger charge is -2.40. The number of carbonyl (C=O) groups excluding carboxylic acids is 2. The van der Waals surface area contributed by atoms with E-state index in [1.54, 1.807) is 0 Å². The highest BCUT2D eigenvalue weighted by atomic mass is 16.2. The SMILES string of the molecule is Cc1ccc(CN2C(=O)C3(CCC(=O)C(C)(C)C3)c3ccccc32)cc1C. The molecule has 1 aliphatic carbocycles. The third-order valence-electron chi connectivity index (χ3n) is 6.55. The largest absolute Gasteiger partial charge is 0.307 e. The van der Waals surface area contributed by atoms with Gasteiger partial charge in [-0.1, -0.05) is 50.2 Å². The van der Waals surface area contributed by atoms with Gasteiger partial charge < -0.3 is 4.90 Å². The van der Waals surface area contributed by atoms with E-state index >= 15 is 0 Å². The minimum absolute atomic E-state index is 0.155. The van der Waals surface area contributed by atoms with Gasteiger partial charge in [-0.25, -0.2) is 0 Å². The number of para-hydroxylation sites is 1. The maximum absolute atomic E-state index is 13.7. The molecule has 1 atom stereocenters. The van der Waals surface area contributed by atoms with Crippen LogP contribution in [-0.4, -0.2) is 11.7 Å². The Morgan fingerprint density at radius 2 is 1.74 bits per heavy atom. The molecule has 1 saturated carbocycles. The molecule has 4 rings (SSSR count). The topological polar surface area (TPSA) is 37.4 Å². The van der Waals surface area contributed by atoms with Crippen LogP contribution < -0.4 is 4.90 Å². The van der Waals surface area contributed by atoms with Crippen LogP contribution >= 0.6 is 0 Å². The highest BCUT2D eigenvalue weighted by Crippen LogP contribution is 2.53. The first-order valence-electron chi connectivity index (χ1n) is 9.75. The average Bonchev–Trinajstić information content (AvgIpc) is 2.84. The first-order chi connectivity index (χ1) is 12.7. The van der Waals surface area contributed by atoms with Crippen molar-refractivity contribution in [3.63, 3.8) is 0 Å². The Morgan fingerprint density at radius 1 is 1.00 bits per heavy atom. The van der Waals surface area contributed by atoms with Gasteiger partial charge in [0.25, 0.3) is 0 Å². The molecular formula is C24H27NO2. The molecule has 0 aromatic heterocycles. The standard InChI is InChI=1S/C24H27NO2/c1-16-9-10-18(13-17(16)2)14-25-20-8-6-5-7-19(20)24(22(25)27)12-11-21(26)23(3,4)15-24/h5-10,13H,11-12,14-15H2,1-4H3. The number of Topliss-reactive ketones (excluding diaryl/α,β-unsaturated/α-hetero) is 1. The fourth-order valence-corrected chi connectivity index (χ4v) is 4.86. The monoisotopic (exact) mass is 361 g/mol. The Balaban J connectivity index is 1.76. The zero-order chi connectivity index (χ0) is 19.4. The van der Waals surface area contributed by atoms with Crippen molar-refractivity contribution in [3.05, 3.63) is 64.7 Å². The summed E-state index contributed by atoms with van der Waals surface area (Å²) < 4.78 is 0. The second kappa shape index (κ2) is 6.05. The number of benzene rings is 2. The van der Waals surface area contributed by atoms with Gasteiger partial charge in [0.2, 0.25) is 5.91 Å². The minimum atomic E-state index is -0.562. The highest BCUT2D eigenvalue weighted by Gasteiger charge is 2.56. The van der Waals surface area contributed by atoms with Crippen LogP contribution in [0.1, 0.15) is 55.4 Å². The Hall–Kier alpha value is -2.42. The summed E-state index contributed by atoms with van der Waals surface area (Å²) >= 11 is 0. The van der Waals surface area contributed by atoms with Crippen LogP contribution in [0.15, 0.2) is 42.5 Å². The third-order valence-corrected chi connectivity index (χ3v) is 6.55. The molecule has 1 heterocycles. The van der Waals surface area contributed by atoms with Crippen molar-refractivity contribution in [2.75, 3.05) is 4.90 Å². The molecule has 0 bridgehead atoms. The highest BCUT2D eigenvalue weighted by molar-refractivity contribution is 6.09. The van der Waals surface area contributed by atoms with E-state index in [4.69, 9.17) is 0 Å². The van der Waals surface area contributed by atoms with Crippen LogP contribution in [0.3, 0.4) is 0 Å². The first-order valence-corrected chi connectivity index (χ1v) is 9.75. The van der Waals surface area contributed by atoms with E-state index in [9.17, 15) is 9.59 Å². The van der Waals surface area contributed by atoms with Gasteiger partial charge in [-0.3, -0.25) is 9.59 Å². The molecule has 0 N–H and O–H groups in total. The molecular weight excluding hydrogens is 334 g/mol. The Morgan fingerprint density at radius 3 is 2.44 bits per heavy atom. The first kappa shape index (κ1) is 18.0. The molecule has 3 heteroatoms. The molecule has 27 heavy (non-hydrogen) atoms. The minimum Gasteiger partial charge on any atom is -0.307 e. The number of hydrogen-bond acceptors (Lipinski definition) is 2. The summed E-state index contributed by atoms with van der Waals surface area (Å²) in [6.07, 6.45) is 1.69. The Kier molecular flexibility index (Phi) is 4.03. The lowest BCUT2D eigenvalue weighted by molar-refractivity contribution is -0.135. The van der Waals surface area contributed by atoms with Crippen molar-refractivity contribution in [2.45, 2.75) is 58.9 Å². The van der Waals surface area contributed by atoms with Crippen LogP contribution in [0, 0.1) is 19.3 Å². The fourth-order valence-electron chi connectivity index (χ4n) is 4.86. The van der Waals surface area contributed by atoms with Crippen molar-refractivity contribution in [1.82, 2.24) is 0 Å². The van der Waals surface area contributed by atoms with Gasteiger partial charge in [0.1, 0.15) is 5.78 Å². The summed E-state index contributed by atoms with van der Waals surface area (Å²) in [5.74, 6) is 0.425. The summed E-state index contributed by atoms with van der Waals surface area (Å²) in [5.41, 5.74) is 4.72. The second-order valence-corrected chi connectivity index (χ2v) is 8.89. The van der Waals surface area contributed by atoms with Crippen LogP contribution in [0.5, 0.6) is 0 Å². The van der Waals surface area contributed by atoms with E-state index in [1.807, 2.05) is 36.9 Å². The van der Waals surface area contributed by atoms with Crippen molar-refractivity contribution < 1.29 is 9.59 Å². The van der Waals surface area contributed by atoms with Gasteiger partial charge in [-0.15, -0.1) is 0 Å². The maximum Gasteiger partial charge on any atom is 0.238 e. The van der Waals surface area contributed by atoms with Crippen molar-refractivity contribution in [3.8, 4) is 0 Å². The normalized spacial score (nSPS) is 23.8. The van der Waals surface area contributed by atoms with Gasteiger partial charge >= 0.3 is 0 Å². The lowest BCUT2D eigenvalue weighted by atomic mass is 9.60. The number of anilines is 1. The Labute approximate surface area is 161 Å². The molecule has 1 spiro atoms. The molecule has 1 unspecified atom stereocenters. The quantitative estimate of drug-likeness (QED) is 0.765. The second-order valence-electron chi connectivity index (χ2n) is 8.89. The zero-order valence-corrected chi connectivity index (χ0v) is 16.6. The van der Waals surface area contributed by atoms with Gasteiger partial charge in [0.05, 0.1) is 12.0 Å². The summed E-state index contributed by atoms with van der Waals surface area (Å²) in [4.78, 5) is 28.0. The molecule has 2 aliphatic rings. The summed E-state index contributed by atoms with van der Waals surface area (Å²) in [6.45, 7) is 8.75. The molecule has 1 amide bonds. The van der Waals surface area contributed by atoms with Gasteiger partial charge in [-0.05, 0) is 55.0 Å². The van der Waals surface area contributed by atoms with Crippen molar-refractivity contribution in [1.29, 1.82) is 0 Å². The average molecular weight is 361 g/mol. The predicted octanol–water partition coefficient (Wildman–Crippen LogP) is 4.87. The molecule has 2 aromatic carbocycles. The van der Waals surface area contributed by atoms with Gasteiger partial charge in [0.15, 0.2) is 0 Å². The van der Waals surface area contributed by atoms with Crippen LogP contribution in [-0.2, 0) is 21.5 Å². The predicted molar refractivity (Wildman–Crippen MR) is 108 cm³/mol. The van der Waals surface area contributed by atoms with E-state index in [1.165, 1.54) is 11.1 Å². The molecule has 1 fully saturated rings. The number of aryl methyl sites for hydroxylation is 2. The number of rotatable bonds is 2. The lowest BCUT2D eigenvalue weighted by Crippen LogP contribution is -2.48. The van der Waals surface area contributed by atoms with Crippen molar-refractivity contribution >= 4 is 17.4 Å². The number of hydrogen-bond donors (Lipinski definition) is 0. The van der Waals surface area contributed by atoms with E-state index in [0.29, 0.717) is 25.8 Å². The molecule has 0 radical (unpaired) electrons. The maximum atomic E-state index is 13.7. The van der Waals surface area contributed by atoms with Crippen LogP contribution in [0.4, 0.5) is 5.69 Å². The van der Waals surface area contributed by atoms with Crippen LogP contribution in [0.2, 0.25) is 0 Å². The summed E-state index contributed by atoms with van der Waals surface area (Å²) in [6, 6.07) is 14.5. The Bertz CT molecular complexity index is 943. The zero-order valence-electron chi connectivity index (χ0n) is 16.6. The molecule has 3 nitrogen and oxygen atoms in total. The van der Waals surface area contributed by atoms with Gasteiger partial charge in [-0.2, -0.15) is 0 Å². The number of ketones is 1. The van der Waals surface area contributed by atoms with Gasteiger partial charge in [0, 0.05) is 17.5 Å². The van der Waals surface area contributed by atoms with Crippen molar-refractivity contribution in [2.24, 2.45) is 5.41 Å². The number of amides is 1. The van der Waals surface area contributed by atoms with E-state index in [0.717, 1.165) is 16.8 Å². The summed E-state index contributed by atoms with van der Waals surface area (Å²) in [7, 11) is 0. The number of carbonyl (C=O) groups is 2. The number of nitrogens with zero attached hydrogens (tertiary/aromatic N) is 1. The molecule has 2 aromatic rings. The van der Waals surface area contributed by atoms with Crippen LogP contribution in [0.25, 0.3) is 0 Å². The molecule has 140 valence electrons.